The standard InChI is InChI=1S/C14H20N2O2/c1-10-7-8-14(10,15)16-9-11-3-5-12(6-4-11)13(17)18-2/h3-6,10,16H,7-9,15H2,1-2H3. The summed E-state index contributed by atoms with van der Waals surface area (Å²) in [6, 6.07) is 7.39. The van der Waals surface area contributed by atoms with E-state index in [1.165, 1.54) is 13.5 Å². The molecule has 2 rings (SSSR count). The van der Waals surface area contributed by atoms with Crippen molar-refractivity contribution in [2.45, 2.75) is 32.0 Å². The van der Waals surface area contributed by atoms with Gasteiger partial charge in [0.1, 0.15) is 0 Å². The Labute approximate surface area is 108 Å². The first-order valence-electron chi connectivity index (χ1n) is 6.26. The first-order valence-corrected chi connectivity index (χ1v) is 6.26. The van der Waals surface area contributed by atoms with E-state index in [1.807, 2.05) is 12.1 Å². The number of carbonyl (C=O) groups is 1. The molecule has 4 nitrogen and oxygen atoms in total. The van der Waals surface area contributed by atoms with Gasteiger partial charge in [0.15, 0.2) is 0 Å². The molecule has 1 aromatic rings. The summed E-state index contributed by atoms with van der Waals surface area (Å²) in [5.41, 5.74) is 7.67. The van der Waals surface area contributed by atoms with Crippen molar-refractivity contribution in [1.29, 1.82) is 0 Å². The zero-order chi connectivity index (χ0) is 13.2. The van der Waals surface area contributed by atoms with E-state index in [-0.39, 0.29) is 11.6 Å². The Morgan fingerprint density at radius 3 is 2.61 bits per heavy atom. The number of esters is 1. The molecule has 0 bridgehead atoms. The fourth-order valence-electron chi connectivity index (χ4n) is 2.15. The number of benzene rings is 1. The van der Waals surface area contributed by atoms with Crippen molar-refractivity contribution in [3.05, 3.63) is 35.4 Å². The van der Waals surface area contributed by atoms with Crippen LogP contribution in [-0.2, 0) is 11.3 Å². The van der Waals surface area contributed by atoms with E-state index in [0.29, 0.717) is 11.5 Å². The minimum Gasteiger partial charge on any atom is -0.465 e. The van der Waals surface area contributed by atoms with Gasteiger partial charge in [-0.05, 0) is 36.5 Å². The number of ether oxygens (including phenoxy) is 1. The summed E-state index contributed by atoms with van der Waals surface area (Å²) < 4.78 is 4.66. The lowest BCUT2D eigenvalue weighted by Crippen LogP contribution is -2.63. The average Bonchev–Trinajstić information content (AvgIpc) is 2.42. The lowest BCUT2D eigenvalue weighted by atomic mass is 9.75. The van der Waals surface area contributed by atoms with E-state index in [9.17, 15) is 4.79 Å². The Balaban J connectivity index is 1.92. The first kappa shape index (κ1) is 13.1. The zero-order valence-corrected chi connectivity index (χ0v) is 10.9. The molecule has 98 valence electrons. The molecule has 0 spiro atoms. The molecule has 0 amide bonds. The summed E-state index contributed by atoms with van der Waals surface area (Å²) in [6.45, 7) is 2.89. The summed E-state index contributed by atoms with van der Waals surface area (Å²) in [5.74, 6) is 0.212. The number of rotatable bonds is 4. The third-order valence-corrected chi connectivity index (χ3v) is 3.87. The molecule has 1 aromatic carbocycles. The molecule has 2 atom stereocenters. The van der Waals surface area contributed by atoms with Crippen LogP contribution in [0.1, 0.15) is 35.7 Å². The van der Waals surface area contributed by atoms with Crippen LogP contribution in [0.15, 0.2) is 24.3 Å². The maximum absolute atomic E-state index is 11.3. The monoisotopic (exact) mass is 248 g/mol. The fraction of sp³-hybridized carbons (Fsp3) is 0.500. The van der Waals surface area contributed by atoms with Crippen LogP contribution in [-0.4, -0.2) is 18.7 Å². The van der Waals surface area contributed by atoms with E-state index in [1.54, 1.807) is 12.1 Å². The van der Waals surface area contributed by atoms with E-state index < -0.39 is 0 Å². The maximum atomic E-state index is 11.3. The molecular formula is C14H20N2O2. The van der Waals surface area contributed by atoms with Gasteiger partial charge in [0.05, 0.1) is 18.3 Å². The van der Waals surface area contributed by atoms with Gasteiger partial charge in [0.2, 0.25) is 0 Å². The quantitative estimate of drug-likeness (QED) is 0.628. The van der Waals surface area contributed by atoms with Crippen molar-refractivity contribution in [3.63, 3.8) is 0 Å². The summed E-state index contributed by atoms with van der Waals surface area (Å²) in [7, 11) is 1.38. The molecule has 1 aliphatic carbocycles. The molecule has 4 heteroatoms. The lowest BCUT2D eigenvalue weighted by molar-refractivity contribution is 0.0600. The summed E-state index contributed by atoms with van der Waals surface area (Å²) in [6.07, 6.45) is 2.21. The minimum absolute atomic E-state index is 0.221. The van der Waals surface area contributed by atoms with Gasteiger partial charge in [-0.3, -0.25) is 5.32 Å². The number of methoxy groups -OCH3 is 1. The molecule has 2 unspecified atom stereocenters. The second kappa shape index (κ2) is 5.08. The zero-order valence-electron chi connectivity index (χ0n) is 10.9. The van der Waals surface area contributed by atoms with E-state index >= 15 is 0 Å². The largest absolute Gasteiger partial charge is 0.465 e. The molecule has 3 N–H and O–H groups in total. The highest BCUT2D eigenvalue weighted by Crippen LogP contribution is 2.33. The Bertz CT molecular complexity index is 430. The van der Waals surface area contributed by atoms with Crippen LogP contribution in [0.3, 0.4) is 0 Å². The second-order valence-electron chi connectivity index (χ2n) is 5.02. The molecule has 0 saturated heterocycles. The van der Waals surface area contributed by atoms with Crippen molar-refractivity contribution in [3.8, 4) is 0 Å². The normalized spacial score (nSPS) is 26.5. The molecule has 1 saturated carbocycles. The van der Waals surface area contributed by atoms with Crippen molar-refractivity contribution < 1.29 is 9.53 Å². The van der Waals surface area contributed by atoms with Crippen LogP contribution >= 0.6 is 0 Å². The number of nitrogens with one attached hydrogen (secondary N) is 1. The molecule has 0 aromatic heterocycles. The van der Waals surface area contributed by atoms with Gasteiger partial charge in [-0.15, -0.1) is 0 Å². The highest BCUT2D eigenvalue weighted by Gasteiger charge is 2.39. The van der Waals surface area contributed by atoms with Gasteiger partial charge in [-0.25, -0.2) is 4.79 Å². The Kier molecular flexibility index (Phi) is 3.68. The van der Waals surface area contributed by atoms with Crippen LogP contribution in [0.2, 0.25) is 0 Å². The molecule has 0 heterocycles. The Hall–Kier alpha value is -1.39. The van der Waals surface area contributed by atoms with Crippen molar-refractivity contribution in [1.82, 2.24) is 5.32 Å². The van der Waals surface area contributed by atoms with Crippen LogP contribution in [0, 0.1) is 5.92 Å². The Morgan fingerprint density at radius 1 is 1.50 bits per heavy atom. The second-order valence-corrected chi connectivity index (χ2v) is 5.02. The van der Waals surface area contributed by atoms with Gasteiger partial charge in [-0.1, -0.05) is 19.1 Å². The third-order valence-electron chi connectivity index (χ3n) is 3.87. The van der Waals surface area contributed by atoms with Crippen molar-refractivity contribution >= 4 is 5.97 Å². The first-order chi connectivity index (χ1) is 8.55. The molecule has 1 aliphatic rings. The number of nitrogens with two attached hydrogens (primary N) is 1. The van der Waals surface area contributed by atoms with Gasteiger partial charge in [0.25, 0.3) is 0 Å². The van der Waals surface area contributed by atoms with E-state index in [0.717, 1.165) is 18.5 Å². The molecule has 18 heavy (non-hydrogen) atoms. The van der Waals surface area contributed by atoms with Crippen LogP contribution in [0.25, 0.3) is 0 Å². The van der Waals surface area contributed by atoms with Gasteiger partial charge >= 0.3 is 5.97 Å². The summed E-state index contributed by atoms with van der Waals surface area (Å²) in [5, 5.41) is 3.39. The molecule has 1 fully saturated rings. The molecule has 0 aliphatic heterocycles. The molecular weight excluding hydrogens is 228 g/mol. The average molecular weight is 248 g/mol. The van der Waals surface area contributed by atoms with Gasteiger partial charge in [-0.2, -0.15) is 0 Å². The van der Waals surface area contributed by atoms with Crippen LogP contribution < -0.4 is 11.1 Å². The highest BCUT2D eigenvalue weighted by atomic mass is 16.5. The van der Waals surface area contributed by atoms with Crippen molar-refractivity contribution in [2.24, 2.45) is 11.7 Å². The lowest BCUT2D eigenvalue weighted by Gasteiger charge is -2.45. The van der Waals surface area contributed by atoms with Crippen LogP contribution in [0.5, 0.6) is 0 Å². The smallest absolute Gasteiger partial charge is 0.337 e. The van der Waals surface area contributed by atoms with E-state index in [4.69, 9.17) is 5.73 Å². The van der Waals surface area contributed by atoms with Crippen molar-refractivity contribution in [2.75, 3.05) is 7.11 Å². The number of hydrogen-bond acceptors (Lipinski definition) is 4. The van der Waals surface area contributed by atoms with Gasteiger partial charge < -0.3 is 10.5 Å². The minimum atomic E-state index is -0.308. The SMILES string of the molecule is COC(=O)c1ccc(CNC2(N)CCC2C)cc1. The summed E-state index contributed by atoms with van der Waals surface area (Å²) in [4.78, 5) is 11.3. The number of carbonyl (C=O) groups excluding carboxylic acids is 1. The highest BCUT2D eigenvalue weighted by molar-refractivity contribution is 5.89. The van der Waals surface area contributed by atoms with Crippen LogP contribution in [0.4, 0.5) is 0 Å². The van der Waals surface area contributed by atoms with Gasteiger partial charge in [0, 0.05) is 6.54 Å². The number of hydrogen-bond donors (Lipinski definition) is 2. The fourth-order valence-corrected chi connectivity index (χ4v) is 2.15. The Morgan fingerprint density at radius 2 is 2.17 bits per heavy atom. The topological polar surface area (TPSA) is 64.3 Å². The molecule has 0 radical (unpaired) electrons. The maximum Gasteiger partial charge on any atom is 0.337 e. The van der Waals surface area contributed by atoms with E-state index in [2.05, 4.69) is 17.0 Å². The summed E-state index contributed by atoms with van der Waals surface area (Å²) >= 11 is 0. The predicted molar refractivity (Wildman–Crippen MR) is 69.9 cm³/mol. The predicted octanol–water partition coefficient (Wildman–Crippen LogP) is 1.65. The third kappa shape index (κ3) is 2.54.